The van der Waals surface area contributed by atoms with Gasteiger partial charge in [0.05, 0.1) is 76.6 Å². The van der Waals surface area contributed by atoms with Gasteiger partial charge in [-0.1, -0.05) is 167 Å². The molecule has 0 aliphatic carbocycles. The van der Waals surface area contributed by atoms with Crippen molar-refractivity contribution in [2.45, 2.75) is 66.8 Å². The average molecular weight is 1810 g/mol. The molecule has 0 radical (unpaired) electrons. The van der Waals surface area contributed by atoms with Gasteiger partial charge in [-0.3, -0.25) is 24.0 Å². The van der Waals surface area contributed by atoms with E-state index in [-0.39, 0.29) is 22.5 Å². The van der Waals surface area contributed by atoms with Gasteiger partial charge < -0.3 is 61.8 Å². The normalized spacial score (nSPS) is 11.2. The Morgan fingerprint density at radius 2 is 0.778 bits per heavy atom. The third kappa shape index (κ3) is 22.0. The van der Waals surface area contributed by atoms with Gasteiger partial charge in [0.1, 0.15) is 23.1 Å². The lowest BCUT2D eigenvalue weighted by atomic mass is 9.94. The second kappa shape index (κ2) is 42.9. The Labute approximate surface area is 755 Å². The number of H-pyrrole nitrogens is 3. The number of aldehydes is 1. The van der Waals surface area contributed by atoms with Gasteiger partial charge in [0.25, 0.3) is 11.1 Å². The number of imidazole rings is 4. The van der Waals surface area contributed by atoms with E-state index in [9.17, 15) is 24.0 Å². The van der Waals surface area contributed by atoms with Crippen LogP contribution in [0.1, 0.15) is 113 Å². The predicted molar refractivity (Wildman–Crippen MR) is 502 cm³/mol. The number of rotatable bonds is 26. The predicted octanol–water partition coefficient (Wildman–Crippen LogP) is 23.5. The van der Waals surface area contributed by atoms with Crippen LogP contribution >= 0.6 is 69.6 Å². The minimum Gasteiger partial charge on any atom is -0.497 e. The van der Waals surface area contributed by atoms with E-state index in [0.29, 0.717) is 127 Å². The zero-order chi connectivity index (χ0) is 89.1. The van der Waals surface area contributed by atoms with Crippen LogP contribution in [-0.2, 0) is 38.6 Å². The summed E-state index contributed by atoms with van der Waals surface area (Å²) in [6.45, 7) is 13.1. The summed E-state index contributed by atoms with van der Waals surface area (Å²) in [4.78, 5) is 89.5. The molecule has 22 nitrogen and oxygen atoms in total. The van der Waals surface area contributed by atoms with Crippen molar-refractivity contribution in [2.75, 3.05) is 47.8 Å². The molecular weight excluding hydrogens is 1720 g/mol. The summed E-state index contributed by atoms with van der Waals surface area (Å²) in [6, 6.07) is 74.8. The summed E-state index contributed by atoms with van der Waals surface area (Å²) in [6.07, 6.45) is 2.82. The number of hydrogen-bond donors (Lipinski definition) is 3. The van der Waals surface area contributed by atoms with Crippen LogP contribution in [0.2, 0.25) is 30.1 Å². The third-order valence-corrected chi connectivity index (χ3v) is 21.5. The molecule has 0 spiro atoms. The minimum absolute atomic E-state index is 0.0306. The number of carbonyl (C=O) groups is 3. The van der Waals surface area contributed by atoms with Crippen LogP contribution in [0.15, 0.2) is 258 Å². The molecule has 17 rings (SSSR count). The fourth-order valence-electron chi connectivity index (χ4n) is 14.3. The van der Waals surface area contributed by atoms with E-state index >= 15 is 0 Å². The molecule has 6 aromatic heterocycles. The van der Waals surface area contributed by atoms with Crippen LogP contribution in [0.3, 0.4) is 0 Å². The van der Waals surface area contributed by atoms with E-state index in [0.717, 1.165) is 101 Å². The first kappa shape index (κ1) is 91.2. The molecule has 0 unspecified atom stereocenters. The molecular formula is C98H86Cl6N10O12. The van der Waals surface area contributed by atoms with Gasteiger partial charge in [-0.25, -0.2) is 19.9 Å². The second-order valence-corrected chi connectivity index (χ2v) is 30.9. The molecule has 0 saturated heterocycles. The van der Waals surface area contributed by atoms with Crippen molar-refractivity contribution in [3.63, 3.8) is 0 Å². The average Bonchev–Trinajstić information content (AvgIpc) is 1.30. The Morgan fingerprint density at radius 3 is 1.22 bits per heavy atom. The Hall–Kier alpha value is -12.6. The second-order valence-electron chi connectivity index (χ2n) is 28.3. The molecule has 6 heterocycles. The highest BCUT2D eigenvalue weighted by molar-refractivity contribution is 6.33. The van der Waals surface area contributed by atoms with Gasteiger partial charge in [-0.05, 0) is 220 Å². The molecule has 642 valence electrons. The molecule has 0 aliphatic rings. The first-order valence-corrected chi connectivity index (χ1v) is 42.3. The lowest BCUT2D eigenvalue weighted by Crippen LogP contribution is -2.18. The number of hydrogen-bond acceptors (Lipinski definition) is 16. The number of nitrogens with zero attached hydrogens (tertiary/aromatic N) is 7. The molecule has 0 saturated carbocycles. The highest BCUT2D eigenvalue weighted by Gasteiger charge is 2.25. The quantitative estimate of drug-likeness (QED) is 0.0197. The molecule has 0 aliphatic heterocycles. The Bertz CT molecular complexity index is 6870. The number of ether oxygens (including phenoxy) is 7. The van der Waals surface area contributed by atoms with Gasteiger partial charge in [0, 0.05) is 109 Å². The Balaban J connectivity index is 0.000000140. The maximum absolute atomic E-state index is 13.8. The smallest absolute Gasteiger partial charge is 0.260 e. The lowest BCUT2D eigenvalue weighted by Gasteiger charge is -2.18. The summed E-state index contributed by atoms with van der Waals surface area (Å²) in [5.41, 5.74) is 13.2. The van der Waals surface area contributed by atoms with E-state index < -0.39 is 23.9 Å². The van der Waals surface area contributed by atoms with Gasteiger partial charge in [-0.2, -0.15) is 0 Å². The van der Waals surface area contributed by atoms with Crippen molar-refractivity contribution < 1.29 is 47.5 Å². The van der Waals surface area contributed by atoms with Crippen molar-refractivity contribution in [2.24, 2.45) is 0 Å². The standard InChI is InChI=1S/C33H23Cl2N3O3.C20H23ClN2O3.C17H12ClNO2.C16H13ClN2O2.C12H15ClN2O2/c1-41-24-11-7-20(8-12-24)19-38-28-14-10-23(35)18-27(28)36-30(38)16-15-29(39)32-31(21-5-3-2-4-6-21)25-17-22(34)9-13-26(25)37-33(32)40;1-4-25-20(26-5-2)19-22-17-12-15(21)8-11-18(17)23(19)13-14-6-9-16(24-3)10-7-14;1-10(20)15-16(11-5-3-2-4-6-11)13-9-12(18)7-8-14(13)19-17(15)21;1-21-13-5-2-11(3-6-13)9-19-15-7-4-12(17)8-14(15)18-16(19)10-20;1-3-16-12(17-4-2)11-14-9-6-5-8(13)7-10(9)15-11/h2-18H,19H2,1H3,(H,37,40);6-12,20H,4-5,13H2,1-3H3;2-9H,1H3,(H,19,21);2-8,10H,9H2,1H3;5-7,12H,3-4H2,1-2H3,(H,14,15)/b16-15+;;;;. The zero-order valence-electron chi connectivity index (χ0n) is 69.7. The maximum Gasteiger partial charge on any atom is 0.260 e. The number of aromatic nitrogens is 10. The third-order valence-electron chi connectivity index (χ3n) is 20.1. The molecule has 28 heteroatoms. The van der Waals surface area contributed by atoms with Crippen molar-refractivity contribution in [1.82, 2.24) is 48.6 Å². The van der Waals surface area contributed by atoms with Crippen LogP contribution < -0.4 is 25.3 Å². The number of fused-ring (bicyclic) bond motifs is 6. The summed E-state index contributed by atoms with van der Waals surface area (Å²) in [7, 11) is 4.92. The first-order valence-electron chi connectivity index (χ1n) is 40.1. The van der Waals surface area contributed by atoms with E-state index in [2.05, 4.69) is 29.5 Å². The van der Waals surface area contributed by atoms with Gasteiger partial charge in [-0.15, -0.1) is 0 Å². The number of carbonyl (C=O) groups excluding carboxylic acids is 3. The lowest BCUT2D eigenvalue weighted by molar-refractivity contribution is -0.146. The van der Waals surface area contributed by atoms with Crippen molar-refractivity contribution in [1.29, 1.82) is 0 Å². The summed E-state index contributed by atoms with van der Waals surface area (Å²) < 4.78 is 44.2. The van der Waals surface area contributed by atoms with Gasteiger partial charge >= 0.3 is 0 Å². The topological polar surface area (TPSA) is 264 Å². The van der Waals surface area contributed by atoms with E-state index in [1.807, 2.05) is 219 Å². The van der Waals surface area contributed by atoms with E-state index in [1.54, 1.807) is 88.1 Å². The van der Waals surface area contributed by atoms with Crippen molar-refractivity contribution in [3.8, 4) is 39.5 Å². The highest BCUT2D eigenvalue weighted by Crippen LogP contribution is 2.36. The molecule has 3 N–H and O–H groups in total. The summed E-state index contributed by atoms with van der Waals surface area (Å²) in [5, 5.41) is 5.00. The number of allylic oxidation sites excluding steroid dienone is 1. The zero-order valence-corrected chi connectivity index (χ0v) is 74.3. The Kier molecular flexibility index (Phi) is 31.0. The van der Waals surface area contributed by atoms with Gasteiger partial charge in [0.2, 0.25) is 12.6 Å². The fraction of sp³-hybridized carbons (Fsp3) is 0.173. The fourth-order valence-corrected chi connectivity index (χ4v) is 15.3. The highest BCUT2D eigenvalue weighted by atomic mass is 35.5. The largest absolute Gasteiger partial charge is 0.497 e. The monoisotopic (exact) mass is 1800 g/mol. The van der Waals surface area contributed by atoms with Crippen LogP contribution in [0.5, 0.6) is 17.2 Å². The molecule has 0 amide bonds. The molecule has 0 bridgehead atoms. The molecule has 0 fully saturated rings. The number of benzene rings is 11. The molecule has 126 heavy (non-hydrogen) atoms. The van der Waals surface area contributed by atoms with Crippen LogP contribution in [0.25, 0.3) is 94.3 Å². The number of Topliss-reactive ketones (excluding diaryl/α,β-unsaturated/α-hetero) is 1. The molecule has 11 aromatic carbocycles. The van der Waals surface area contributed by atoms with Gasteiger partial charge in [0.15, 0.2) is 35.3 Å². The van der Waals surface area contributed by atoms with E-state index in [1.165, 1.54) is 13.0 Å². The van der Waals surface area contributed by atoms with Crippen LogP contribution in [-0.4, -0.2) is 114 Å². The number of aromatic amines is 3. The Morgan fingerprint density at radius 1 is 0.397 bits per heavy atom. The van der Waals surface area contributed by atoms with Crippen LogP contribution in [0.4, 0.5) is 0 Å². The number of pyridine rings is 2. The maximum atomic E-state index is 13.8. The molecule has 17 aromatic rings. The number of methoxy groups -OCH3 is 3. The summed E-state index contributed by atoms with van der Waals surface area (Å²) in [5.74, 6) is 4.03. The van der Waals surface area contributed by atoms with Crippen LogP contribution in [0, 0.1) is 0 Å². The van der Waals surface area contributed by atoms with E-state index in [4.69, 9.17) is 113 Å². The summed E-state index contributed by atoms with van der Waals surface area (Å²) >= 11 is 36.7. The molecule has 0 atom stereocenters. The number of halogens is 6. The van der Waals surface area contributed by atoms with Crippen molar-refractivity contribution in [3.05, 3.63) is 351 Å². The number of ketones is 2. The SMILES string of the molecule is CC(=O)c1c(-c2ccccc2)c2cc(Cl)ccc2[nH]c1=O.CCOC(OCC)c1nc2cc(Cl)ccc2n1Cc1ccc(OC)cc1.CCOC(OCC)c1nc2ccc(Cl)cc2[nH]1.COc1ccc(Cn2c(/C=C/C(=O)c3c(-c4ccccc4)c4cc(Cl)ccc4[nH]c3=O)nc3cc(Cl)ccc32)cc1.COc1ccc(Cn2c(C=O)nc3cc(Cl)ccc32)cc1. The minimum atomic E-state index is -0.519. The van der Waals surface area contributed by atoms with Crippen molar-refractivity contribution >= 4 is 159 Å². The first-order chi connectivity index (χ1) is 61.1. The number of nitrogens with one attached hydrogen (secondary N) is 3.